The average Bonchev–Trinajstić information content (AvgIpc) is 3.39. The van der Waals surface area contributed by atoms with Gasteiger partial charge in [0.15, 0.2) is 0 Å². The molecule has 4 fully saturated rings. The molecule has 44 heavy (non-hydrogen) atoms. The lowest BCUT2D eigenvalue weighted by Gasteiger charge is -2.70. The van der Waals surface area contributed by atoms with Crippen LogP contribution < -0.4 is 9.64 Å². The minimum atomic E-state index is -0.609. The summed E-state index contributed by atoms with van der Waals surface area (Å²) in [6.07, 6.45) is 10.8. The van der Waals surface area contributed by atoms with Gasteiger partial charge in [0.2, 0.25) is 0 Å². The second-order valence-electron chi connectivity index (χ2n) is 15.5. The van der Waals surface area contributed by atoms with E-state index < -0.39 is 11.6 Å². The molecule has 7 nitrogen and oxygen atoms in total. The first-order valence-corrected chi connectivity index (χ1v) is 16.5. The van der Waals surface area contributed by atoms with Gasteiger partial charge in [-0.05, 0) is 94.4 Å². The number of allylic oxidation sites excluding steroid dienone is 1. The van der Waals surface area contributed by atoms with Crippen LogP contribution in [0.2, 0.25) is 0 Å². The van der Waals surface area contributed by atoms with Crippen molar-refractivity contribution in [2.24, 2.45) is 10.8 Å². The van der Waals surface area contributed by atoms with Gasteiger partial charge in [0, 0.05) is 60.9 Å². The first kappa shape index (κ1) is 29.7. The lowest BCUT2D eigenvalue weighted by molar-refractivity contribution is -0.0535. The molecule has 0 unspecified atom stereocenters. The fourth-order valence-electron chi connectivity index (χ4n) is 7.88. The number of benzene rings is 1. The van der Waals surface area contributed by atoms with Crippen molar-refractivity contribution in [1.29, 1.82) is 0 Å². The minimum Gasteiger partial charge on any atom is -0.456 e. The summed E-state index contributed by atoms with van der Waals surface area (Å²) in [5, 5.41) is 0.949. The molecule has 1 N–H and O–H groups in total. The molecular weight excluding hydrogens is 572 g/mol. The third-order valence-electron chi connectivity index (χ3n) is 10.1. The maximum Gasteiger partial charge on any atom is 0.342 e. The summed E-state index contributed by atoms with van der Waals surface area (Å²) in [7, 11) is 0. The number of halogens is 1. The maximum absolute atomic E-state index is 13.2. The number of hydrogen-bond acceptors (Lipinski definition) is 6. The van der Waals surface area contributed by atoms with Gasteiger partial charge in [0.05, 0.1) is 6.20 Å². The van der Waals surface area contributed by atoms with E-state index in [-0.39, 0.29) is 4.87 Å². The van der Waals surface area contributed by atoms with Crippen LogP contribution in [0.1, 0.15) is 83.5 Å². The number of carbonyl (C=O) groups excluding carboxylic acids is 1. The number of nitrogens with zero attached hydrogens (tertiary/aromatic N) is 3. The van der Waals surface area contributed by atoms with Crippen LogP contribution in [0.5, 0.6) is 11.5 Å². The highest BCUT2D eigenvalue weighted by Gasteiger charge is 2.69. The van der Waals surface area contributed by atoms with Gasteiger partial charge >= 0.3 is 5.97 Å². The number of ether oxygens (including phenoxy) is 2. The Morgan fingerprint density at radius 1 is 1.07 bits per heavy atom. The van der Waals surface area contributed by atoms with Crippen LogP contribution in [0, 0.1) is 10.8 Å². The molecule has 0 atom stereocenters. The van der Waals surface area contributed by atoms with Gasteiger partial charge in [0.25, 0.3) is 0 Å². The zero-order valence-corrected chi connectivity index (χ0v) is 27.5. The number of pyridine rings is 1. The highest BCUT2D eigenvalue weighted by atomic mass is 35.5. The number of fused-ring (bicyclic) bond motifs is 1. The van der Waals surface area contributed by atoms with Gasteiger partial charge in [-0.1, -0.05) is 25.0 Å². The van der Waals surface area contributed by atoms with E-state index in [2.05, 4.69) is 33.6 Å². The van der Waals surface area contributed by atoms with Gasteiger partial charge in [-0.15, -0.1) is 11.6 Å². The molecule has 8 rings (SSSR count). The highest BCUT2D eigenvalue weighted by molar-refractivity contribution is 6.26. The van der Waals surface area contributed by atoms with Crippen LogP contribution in [0.3, 0.4) is 0 Å². The number of nitrogens with one attached hydrogen (secondary N) is 1. The summed E-state index contributed by atoms with van der Waals surface area (Å²) >= 11 is 6.72. The fourth-order valence-corrected chi connectivity index (χ4v) is 8.65. The first-order chi connectivity index (χ1) is 20.8. The molecule has 0 amide bonds. The SMILES string of the molecule is CC1(C)CCC(CN2CCN(c3ccc(C(=O)OC(C)(C)C)c(Oc4cnc5[nH]ccc5c4)c3)CC2)=C(C23CC(Cl)(C2)C3)C1. The van der Waals surface area contributed by atoms with Gasteiger partial charge in [-0.3, -0.25) is 4.90 Å². The van der Waals surface area contributed by atoms with E-state index in [4.69, 9.17) is 21.1 Å². The molecule has 2 aromatic heterocycles. The normalized spacial score (nSPS) is 26.7. The minimum absolute atomic E-state index is 0.109. The van der Waals surface area contributed by atoms with E-state index >= 15 is 0 Å². The quantitative estimate of drug-likeness (QED) is 0.164. The van der Waals surface area contributed by atoms with Gasteiger partial charge in [-0.2, -0.15) is 0 Å². The molecule has 0 spiro atoms. The Morgan fingerprint density at radius 2 is 1.82 bits per heavy atom. The molecule has 234 valence electrons. The molecule has 4 aliphatic carbocycles. The third-order valence-corrected chi connectivity index (χ3v) is 10.5. The number of H-pyrrole nitrogens is 1. The summed E-state index contributed by atoms with van der Waals surface area (Å²) in [5.41, 5.74) is 5.88. The van der Waals surface area contributed by atoms with Crippen LogP contribution >= 0.6 is 11.6 Å². The summed E-state index contributed by atoms with van der Waals surface area (Å²) < 4.78 is 12.1. The number of anilines is 1. The summed E-state index contributed by atoms with van der Waals surface area (Å²) in [4.78, 5) is 25.9. The Labute approximate surface area is 265 Å². The summed E-state index contributed by atoms with van der Waals surface area (Å²) in [6, 6.07) is 9.71. The Bertz CT molecular complexity index is 1610. The molecule has 3 saturated carbocycles. The number of alkyl halides is 1. The van der Waals surface area contributed by atoms with Gasteiger partial charge in [-0.25, -0.2) is 9.78 Å². The molecule has 5 aliphatic rings. The summed E-state index contributed by atoms with van der Waals surface area (Å²) in [5.74, 6) is 0.654. The Morgan fingerprint density at radius 3 is 2.52 bits per heavy atom. The van der Waals surface area contributed by atoms with Crippen LogP contribution in [0.15, 0.2) is 53.9 Å². The van der Waals surface area contributed by atoms with Crippen molar-refractivity contribution in [2.75, 3.05) is 37.6 Å². The molecule has 1 saturated heterocycles. The predicted octanol–water partition coefficient (Wildman–Crippen LogP) is 8.10. The predicted molar refractivity (Wildman–Crippen MR) is 176 cm³/mol. The second-order valence-corrected chi connectivity index (χ2v) is 16.3. The van der Waals surface area contributed by atoms with Crippen molar-refractivity contribution in [3.8, 4) is 11.5 Å². The van der Waals surface area contributed by atoms with Crippen LogP contribution in [0.25, 0.3) is 11.0 Å². The third kappa shape index (κ3) is 5.74. The average molecular weight is 617 g/mol. The maximum atomic E-state index is 13.2. The van der Waals surface area contributed by atoms with Crippen LogP contribution in [0.4, 0.5) is 5.69 Å². The van der Waals surface area contributed by atoms with Crippen molar-refractivity contribution in [1.82, 2.24) is 14.9 Å². The number of rotatable bonds is 7. The van der Waals surface area contributed by atoms with Crippen molar-refractivity contribution < 1.29 is 14.3 Å². The Hall–Kier alpha value is -3.03. The lowest BCUT2D eigenvalue weighted by Crippen LogP contribution is -2.65. The van der Waals surface area contributed by atoms with E-state index in [9.17, 15) is 4.79 Å². The van der Waals surface area contributed by atoms with Crippen LogP contribution in [-0.4, -0.2) is 64.0 Å². The Balaban J connectivity index is 1.07. The van der Waals surface area contributed by atoms with E-state index in [0.717, 1.165) is 49.4 Å². The number of esters is 1. The van der Waals surface area contributed by atoms with E-state index in [1.54, 1.807) is 17.3 Å². The smallest absolute Gasteiger partial charge is 0.342 e. The van der Waals surface area contributed by atoms with Crippen LogP contribution in [-0.2, 0) is 4.74 Å². The second kappa shape index (κ2) is 10.5. The monoisotopic (exact) mass is 616 g/mol. The number of aromatic amines is 1. The number of aromatic nitrogens is 2. The number of hydrogen-bond donors (Lipinski definition) is 1. The standard InChI is InChI=1S/C36H45ClN4O3/c1-33(2,3)44-32(42)28-7-6-26(17-30(28)43-27-16-24-9-11-38-31(24)39-19-27)41-14-12-40(13-15-41)20-25-8-10-34(4,5)18-29(25)35-21-36(37,22-35)23-35/h6-7,9,11,16-17,19H,8,10,12-15,18,20-23H2,1-5H3,(H,38,39). The Kier molecular flexibility index (Phi) is 7.09. The van der Waals surface area contributed by atoms with E-state index in [1.165, 1.54) is 38.5 Å². The molecule has 3 heterocycles. The molecule has 2 bridgehead atoms. The molecular formula is C36H45ClN4O3. The van der Waals surface area contributed by atoms with Crippen molar-refractivity contribution in [3.05, 3.63) is 59.4 Å². The molecule has 1 aliphatic heterocycles. The zero-order chi connectivity index (χ0) is 30.9. The first-order valence-electron chi connectivity index (χ1n) is 16.1. The molecule has 0 radical (unpaired) electrons. The van der Waals surface area contributed by atoms with Crippen molar-refractivity contribution in [3.63, 3.8) is 0 Å². The zero-order valence-electron chi connectivity index (χ0n) is 26.8. The fraction of sp³-hybridized carbons (Fsp3) is 0.556. The topological polar surface area (TPSA) is 70.7 Å². The van der Waals surface area contributed by atoms with Crippen molar-refractivity contribution in [2.45, 2.75) is 83.6 Å². The summed E-state index contributed by atoms with van der Waals surface area (Å²) in [6.45, 7) is 15.4. The van der Waals surface area contributed by atoms with Gasteiger partial charge in [0.1, 0.15) is 28.3 Å². The molecule has 1 aromatic carbocycles. The van der Waals surface area contributed by atoms with Gasteiger partial charge < -0.3 is 19.4 Å². The largest absolute Gasteiger partial charge is 0.456 e. The number of carbonyl (C=O) groups is 1. The molecule has 3 aromatic rings. The van der Waals surface area contributed by atoms with E-state index in [0.29, 0.717) is 27.9 Å². The lowest BCUT2D eigenvalue weighted by atomic mass is 9.39. The molecule has 8 heteroatoms. The number of piperazine rings is 1. The van der Waals surface area contributed by atoms with Crippen molar-refractivity contribution >= 4 is 34.3 Å². The van der Waals surface area contributed by atoms with E-state index in [1.807, 2.05) is 57.3 Å². The highest BCUT2D eigenvalue weighted by Crippen LogP contribution is 2.75.